The smallest absolute Gasteiger partial charge is 0.307 e. The fourth-order valence-electron chi connectivity index (χ4n) is 1.37. The number of hydrogen-bond acceptors (Lipinski definition) is 4. The monoisotopic (exact) mass is 251 g/mol. The molecule has 4 heteroatoms. The van der Waals surface area contributed by atoms with Gasteiger partial charge in [-0.15, -0.1) is 0 Å². The van der Waals surface area contributed by atoms with E-state index in [1.54, 1.807) is 0 Å². The highest BCUT2D eigenvalue weighted by Crippen LogP contribution is 2.07. The Balaban J connectivity index is 2.02. The Morgan fingerprint density at radius 1 is 1.22 bits per heavy atom. The van der Waals surface area contributed by atoms with Crippen LogP contribution in [0.15, 0.2) is 30.3 Å². The maximum absolute atomic E-state index is 11.3. The largest absolute Gasteiger partial charge is 0.490 e. The zero-order valence-electron chi connectivity index (χ0n) is 11.0. The molecule has 0 bridgehead atoms. The van der Waals surface area contributed by atoms with E-state index in [-0.39, 0.29) is 12.6 Å². The van der Waals surface area contributed by atoms with E-state index in [1.165, 1.54) is 0 Å². The summed E-state index contributed by atoms with van der Waals surface area (Å²) >= 11 is 0. The predicted octanol–water partition coefficient (Wildman–Crippen LogP) is 2.00. The molecule has 18 heavy (non-hydrogen) atoms. The van der Waals surface area contributed by atoms with Crippen molar-refractivity contribution in [3.8, 4) is 5.75 Å². The second-order valence-corrected chi connectivity index (χ2v) is 4.24. The Hall–Kier alpha value is -1.55. The van der Waals surface area contributed by atoms with E-state index in [4.69, 9.17) is 9.47 Å². The van der Waals surface area contributed by atoms with Gasteiger partial charge in [0.2, 0.25) is 0 Å². The van der Waals surface area contributed by atoms with E-state index in [0.29, 0.717) is 25.6 Å². The fraction of sp³-hybridized carbons (Fsp3) is 0.500. The van der Waals surface area contributed by atoms with Crippen molar-refractivity contribution < 1.29 is 14.3 Å². The summed E-state index contributed by atoms with van der Waals surface area (Å²) in [7, 11) is 0. The first kappa shape index (κ1) is 14.5. The number of carbonyl (C=O) groups is 1. The summed E-state index contributed by atoms with van der Waals surface area (Å²) in [5.41, 5.74) is 0. The molecule has 0 radical (unpaired) electrons. The quantitative estimate of drug-likeness (QED) is 0.567. The highest BCUT2D eigenvalue weighted by atomic mass is 16.6. The molecule has 1 rings (SSSR count). The average Bonchev–Trinajstić information content (AvgIpc) is 2.35. The molecule has 0 heterocycles. The van der Waals surface area contributed by atoms with E-state index in [1.807, 2.05) is 44.2 Å². The molecule has 100 valence electrons. The number of para-hydroxylation sites is 1. The molecule has 0 saturated carbocycles. The molecule has 0 fully saturated rings. The summed E-state index contributed by atoms with van der Waals surface area (Å²) in [4.78, 5) is 11.3. The van der Waals surface area contributed by atoms with Crippen LogP contribution in [0.1, 0.15) is 20.3 Å². The minimum Gasteiger partial charge on any atom is -0.490 e. The summed E-state index contributed by atoms with van der Waals surface area (Å²) in [6.07, 6.45) is 0.392. The first-order valence-electron chi connectivity index (χ1n) is 6.25. The number of carbonyl (C=O) groups excluding carboxylic acids is 1. The number of ether oxygens (including phenoxy) is 2. The van der Waals surface area contributed by atoms with Gasteiger partial charge in [-0.05, 0) is 12.1 Å². The van der Waals surface area contributed by atoms with Crippen molar-refractivity contribution in [3.63, 3.8) is 0 Å². The van der Waals surface area contributed by atoms with Crippen LogP contribution in [0.25, 0.3) is 0 Å². The molecule has 0 unspecified atom stereocenters. The van der Waals surface area contributed by atoms with Gasteiger partial charge in [0.25, 0.3) is 0 Å². The van der Waals surface area contributed by atoms with E-state index in [9.17, 15) is 4.79 Å². The number of rotatable bonds is 8. The summed E-state index contributed by atoms with van der Waals surface area (Å²) in [6.45, 7) is 5.40. The molecule has 0 spiro atoms. The van der Waals surface area contributed by atoms with Gasteiger partial charge in [0.1, 0.15) is 19.0 Å². The third-order valence-electron chi connectivity index (χ3n) is 2.24. The molecule has 1 aromatic carbocycles. The lowest BCUT2D eigenvalue weighted by Gasteiger charge is -2.09. The molecule has 0 saturated heterocycles. The van der Waals surface area contributed by atoms with Gasteiger partial charge in [0.05, 0.1) is 6.42 Å². The fourth-order valence-corrected chi connectivity index (χ4v) is 1.37. The van der Waals surface area contributed by atoms with Crippen LogP contribution in [-0.4, -0.2) is 31.8 Å². The molecule has 0 aliphatic carbocycles. The maximum atomic E-state index is 11.3. The van der Waals surface area contributed by atoms with Gasteiger partial charge in [0.15, 0.2) is 0 Å². The molecule has 0 aromatic heterocycles. The van der Waals surface area contributed by atoms with Gasteiger partial charge < -0.3 is 14.8 Å². The molecule has 1 aromatic rings. The lowest BCUT2D eigenvalue weighted by molar-refractivity contribution is -0.144. The molecule has 0 atom stereocenters. The van der Waals surface area contributed by atoms with E-state index in [0.717, 1.165) is 5.75 Å². The molecular weight excluding hydrogens is 230 g/mol. The molecular formula is C14H21NO3. The lowest BCUT2D eigenvalue weighted by Crippen LogP contribution is -2.26. The Kier molecular flexibility index (Phi) is 6.87. The van der Waals surface area contributed by atoms with Gasteiger partial charge in [-0.2, -0.15) is 0 Å². The zero-order chi connectivity index (χ0) is 13.2. The minimum atomic E-state index is -0.195. The van der Waals surface area contributed by atoms with Crippen LogP contribution < -0.4 is 10.1 Å². The van der Waals surface area contributed by atoms with Gasteiger partial charge in [-0.25, -0.2) is 0 Å². The summed E-state index contributed by atoms with van der Waals surface area (Å²) in [6, 6.07) is 9.86. The lowest BCUT2D eigenvalue weighted by atomic mass is 10.3. The van der Waals surface area contributed by atoms with Crippen molar-refractivity contribution in [1.29, 1.82) is 0 Å². The first-order chi connectivity index (χ1) is 8.68. The van der Waals surface area contributed by atoms with Crippen LogP contribution in [0.5, 0.6) is 5.75 Å². The molecule has 0 aliphatic rings. The summed E-state index contributed by atoms with van der Waals surface area (Å²) < 4.78 is 10.4. The van der Waals surface area contributed by atoms with E-state index in [2.05, 4.69) is 5.32 Å². The van der Waals surface area contributed by atoms with Crippen LogP contribution in [0.2, 0.25) is 0 Å². The van der Waals surface area contributed by atoms with Crippen LogP contribution in [0.3, 0.4) is 0 Å². The standard InChI is InChI=1S/C14H21NO3/c1-12(2)15-9-8-14(16)18-11-10-17-13-6-4-3-5-7-13/h3-7,12,15H,8-11H2,1-2H3. The van der Waals surface area contributed by atoms with Crippen molar-refractivity contribution in [1.82, 2.24) is 5.32 Å². The number of nitrogens with one attached hydrogen (secondary N) is 1. The highest BCUT2D eigenvalue weighted by molar-refractivity contribution is 5.69. The van der Waals surface area contributed by atoms with Crippen molar-refractivity contribution in [3.05, 3.63) is 30.3 Å². The SMILES string of the molecule is CC(C)NCCC(=O)OCCOc1ccccc1. The van der Waals surface area contributed by atoms with Gasteiger partial charge in [0, 0.05) is 12.6 Å². The second kappa shape index (κ2) is 8.53. The van der Waals surface area contributed by atoms with Crippen molar-refractivity contribution in [2.45, 2.75) is 26.3 Å². The maximum Gasteiger partial charge on any atom is 0.307 e. The topological polar surface area (TPSA) is 47.6 Å². The Labute approximate surface area is 108 Å². The summed E-state index contributed by atoms with van der Waals surface area (Å²) in [5.74, 6) is 0.592. The molecule has 0 amide bonds. The van der Waals surface area contributed by atoms with E-state index >= 15 is 0 Å². The second-order valence-electron chi connectivity index (χ2n) is 4.24. The van der Waals surface area contributed by atoms with Gasteiger partial charge in [-0.1, -0.05) is 32.0 Å². The zero-order valence-corrected chi connectivity index (χ0v) is 11.0. The average molecular weight is 251 g/mol. The number of esters is 1. The van der Waals surface area contributed by atoms with E-state index < -0.39 is 0 Å². The summed E-state index contributed by atoms with van der Waals surface area (Å²) in [5, 5.41) is 3.16. The van der Waals surface area contributed by atoms with Gasteiger partial charge >= 0.3 is 5.97 Å². The minimum absolute atomic E-state index is 0.195. The van der Waals surface area contributed by atoms with Crippen molar-refractivity contribution in [2.24, 2.45) is 0 Å². The van der Waals surface area contributed by atoms with Crippen LogP contribution >= 0.6 is 0 Å². The Morgan fingerprint density at radius 3 is 2.61 bits per heavy atom. The third-order valence-corrected chi connectivity index (χ3v) is 2.24. The van der Waals surface area contributed by atoms with Crippen LogP contribution in [0.4, 0.5) is 0 Å². The number of hydrogen-bond donors (Lipinski definition) is 1. The Morgan fingerprint density at radius 2 is 1.94 bits per heavy atom. The third kappa shape index (κ3) is 6.91. The Bertz CT molecular complexity index is 338. The number of benzene rings is 1. The van der Waals surface area contributed by atoms with Crippen molar-refractivity contribution in [2.75, 3.05) is 19.8 Å². The molecule has 1 N–H and O–H groups in total. The highest BCUT2D eigenvalue weighted by Gasteiger charge is 2.03. The normalized spacial score (nSPS) is 10.4. The first-order valence-corrected chi connectivity index (χ1v) is 6.25. The van der Waals surface area contributed by atoms with Crippen LogP contribution in [0, 0.1) is 0 Å². The predicted molar refractivity (Wildman–Crippen MR) is 70.7 cm³/mol. The van der Waals surface area contributed by atoms with Crippen LogP contribution in [-0.2, 0) is 9.53 Å². The van der Waals surface area contributed by atoms with Gasteiger partial charge in [-0.3, -0.25) is 4.79 Å². The molecule has 4 nitrogen and oxygen atoms in total. The van der Waals surface area contributed by atoms with Crippen molar-refractivity contribution >= 4 is 5.97 Å². The molecule has 0 aliphatic heterocycles.